The number of aryl methyl sites for hydroxylation is 2. The summed E-state index contributed by atoms with van der Waals surface area (Å²) in [6.45, 7) is 5.32. The molecule has 1 fully saturated rings. The first-order valence-corrected chi connectivity index (χ1v) is 8.98. The summed E-state index contributed by atoms with van der Waals surface area (Å²) in [5.74, 6) is 0.260. The Morgan fingerprint density at radius 2 is 1.96 bits per heavy atom. The van der Waals surface area contributed by atoms with E-state index in [0.29, 0.717) is 18.1 Å². The van der Waals surface area contributed by atoms with E-state index in [2.05, 4.69) is 15.6 Å². The molecule has 0 spiro atoms. The van der Waals surface area contributed by atoms with Crippen molar-refractivity contribution in [3.05, 3.63) is 65.2 Å². The summed E-state index contributed by atoms with van der Waals surface area (Å²) in [4.78, 5) is 17.1. The maximum atomic E-state index is 12.6. The highest BCUT2D eigenvalue weighted by Crippen LogP contribution is 2.13. The summed E-state index contributed by atoms with van der Waals surface area (Å²) in [7, 11) is 0. The smallest absolute Gasteiger partial charge is 0.257 e. The highest BCUT2D eigenvalue weighted by atomic mass is 16.5. The molecule has 1 aliphatic heterocycles. The van der Waals surface area contributed by atoms with Crippen molar-refractivity contribution in [1.82, 2.24) is 5.32 Å². The summed E-state index contributed by atoms with van der Waals surface area (Å²) in [5.41, 5.74) is 3.71. The lowest BCUT2D eigenvalue weighted by atomic mass is 10.1. The number of carbonyl (C=O) groups excluding carboxylic acids is 1. The van der Waals surface area contributed by atoms with Crippen LogP contribution in [-0.2, 0) is 4.74 Å². The van der Waals surface area contributed by atoms with Crippen LogP contribution in [0.4, 0.5) is 5.69 Å². The topological polar surface area (TPSA) is 62.7 Å². The SMILES string of the molecule is Cc1ccc(NC(=NC[C@H]2CCCO2)NC(=O)c2cccc(C)c2)cc1. The molecule has 2 aromatic carbocycles. The van der Waals surface area contributed by atoms with Gasteiger partial charge < -0.3 is 10.1 Å². The van der Waals surface area contributed by atoms with Crippen LogP contribution >= 0.6 is 0 Å². The number of rotatable bonds is 4. The normalized spacial score (nSPS) is 17.2. The zero-order chi connectivity index (χ0) is 18.4. The summed E-state index contributed by atoms with van der Waals surface area (Å²) in [6, 6.07) is 15.5. The number of amides is 1. The predicted molar refractivity (Wildman–Crippen MR) is 105 cm³/mol. The molecule has 0 radical (unpaired) electrons. The summed E-state index contributed by atoms with van der Waals surface area (Å²) in [6.07, 6.45) is 2.20. The monoisotopic (exact) mass is 351 g/mol. The van der Waals surface area contributed by atoms with Gasteiger partial charge in [-0.15, -0.1) is 0 Å². The molecule has 5 nitrogen and oxygen atoms in total. The molecule has 3 rings (SSSR count). The van der Waals surface area contributed by atoms with Gasteiger partial charge in [-0.05, 0) is 51.0 Å². The Kier molecular flexibility index (Phi) is 6.02. The fourth-order valence-corrected chi connectivity index (χ4v) is 2.83. The third-order valence-electron chi connectivity index (χ3n) is 4.30. The number of hydrogen-bond donors (Lipinski definition) is 2. The Hall–Kier alpha value is -2.66. The van der Waals surface area contributed by atoms with Crippen molar-refractivity contribution in [2.75, 3.05) is 18.5 Å². The van der Waals surface area contributed by atoms with Crippen LogP contribution in [0.25, 0.3) is 0 Å². The van der Waals surface area contributed by atoms with Gasteiger partial charge in [-0.1, -0.05) is 35.4 Å². The summed E-state index contributed by atoms with van der Waals surface area (Å²) >= 11 is 0. The number of ether oxygens (including phenoxy) is 1. The molecule has 26 heavy (non-hydrogen) atoms. The second kappa shape index (κ2) is 8.63. The Balaban J connectivity index is 1.73. The molecule has 1 aliphatic rings. The molecule has 136 valence electrons. The van der Waals surface area contributed by atoms with Crippen molar-refractivity contribution in [3.8, 4) is 0 Å². The number of nitrogens with zero attached hydrogens (tertiary/aromatic N) is 1. The van der Waals surface area contributed by atoms with Crippen molar-refractivity contribution in [3.63, 3.8) is 0 Å². The maximum absolute atomic E-state index is 12.6. The standard InChI is InChI=1S/C21H25N3O2/c1-15-8-10-18(11-9-15)23-21(22-14-19-7-4-12-26-19)24-20(25)17-6-3-5-16(2)13-17/h3,5-6,8-11,13,19H,4,7,12,14H2,1-2H3,(H2,22,23,24,25)/t19-/m1/s1. The Morgan fingerprint density at radius 3 is 2.65 bits per heavy atom. The fraction of sp³-hybridized carbons (Fsp3) is 0.333. The van der Waals surface area contributed by atoms with Crippen LogP contribution in [0.3, 0.4) is 0 Å². The fourth-order valence-electron chi connectivity index (χ4n) is 2.83. The molecular weight excluding hydrogens is 326 g/mol. The lowest BCUT2D eigenvalue weighted by Gasteiger charge is -2.14. The highest BCUT2D eigenvalue weighted by molar-refractivity contribution is 6.10. The number of carbonyl (C=O) groups is 1. The van der Waals surface area contributed by atoms with Gasteiger partial charge >= 0.3 is 0 Å². The van der Waals surface area contributed by atoms with E-state index in [-0.39, 0.29) is 12.0 Å². The molecular formula is C21H25N3O2. The van der Waals surface area contributed by atoms with Gasteiger partial charge in [-0.2, -0.15) is 0 Å². The summed E-state index contributed by atoms with van der Waals surface area (Å²) < 4.78 is 5.63. The molecule has 1 heterocycles. The lowest BCUT2D eigenvalue weighted by molar-refractivity contribution is 0.0975. The van der Waals surface area contributed by atoms with Crippen molar-refractivity contribution in [2.24, 2.45) is 4.99 Å². The number of guanidine groups is 1. The van der Waals surface area contributed by atoms with Crippen LogP contribution in [0.2, 0.25) is 0 Å². The van der Waals surface area contributed by atoms with Crippen molar-refractivity contribution < 1.29 is 9.53 Å². The van der Waals surface area contributed by atoms with Crippen molar-refractivity contribution in [1.29, 1.82) is 0 Å². The minimum Gasteiger partial charge on any atom is -0.376 e. The molecule has 5 heteroatoms. The minimum atomic E-state index is -0.181. The molecule has 0 aromatic heterocycles. The maximum Gasteiger partial charge on any atom is 0.257 e. The molecule has 0 unspecified atom stereocenters. The quantitative estimate of drug-likeness (QED) is 0.652. The molecule has 0 saturated carbocycles. The lowest BCUT2D eigenvalue weighted by Crippen LogP contribution is -2.36. The highest BCUT2D eigenvalue weighted by Gasteiger charge is 2.16. The average Bonchev–Trinajstić information content (AvgIpc) is 3.15. The Labute approximate surface area is 154 Å². The molecule has 0 bridgehead atoms. The largest absolute Gasteiger partial charge is 0.376 e. The summed E-state index contributed by atoms with van der Waals surface area (Å²) in [5, 5.41) is 6.10. The van der Waals surface area contributed by atoms with Gasteiger partial charge in [0.2, 0.25) is 5.96 Å². The third kappa shape index (κ3) is 5.17. The van der Waals surface area contributed by atoms with Crippen LogP contribution in [0, 0.1) is 13.8 Å². The zero-order valence-electron chi connectivity index (χ0n) is 15.3. The van der Waals surface area contributed by atoms with Gasteiger partial charge in [0.25, 0.3) is 5.91 Å². The van der Waals surface area contributed by atoms with E-state index >= 15 is 0 Å². The van der Waals surface area contributed by atoms with Crippen LogP contribution < -0.4 is 10.6 Å². The first-order chi connectivity index (χ1) is 12.6. The number of benzene rings is 2. The van der Waals surface area contributed by atoms with E-state index < -0.39 is 0 Å². The van der Waals surface area contributed by atoms with Crippen molar-refractivity contribution >= 4 is 17.6 Å². The van der Waals surface area contributed by atoms with Crippen molar-refractivity contribution in [2.45, 2.75) is 32.8 Å². The zero-order valence-corrected chi connectivity index (χ0v) is 15.3. The molecule has 2 N–H and O–H groups in total. The van der Waals surface area contributed by atoms with Crippen LogP contribution in [0.1, 0.15) is 34.3 Å². The van der Waals surface area contributed by atoms with E-state index in [1.165, 1.54) is 5.56 Å². The van der Waals surface area contributed by atoms with Gasteiger partial charge in [0.15, 0.2) is 0 Å². The average molecular weight is 351 g/mol. The molecule has 0 aliphatic carbocycles. The second-order valence-electron chi connectivity index (χ2n) is 6.64. The van der Waals surface area contributed by atoms with Crippen LogP contribution in [0.15, 0.2) is 53.5 Å². The third-order valence-corrected chi connectivity index (χ3v) is 4.30. The second-order valence-corrected chi connectivity index (χ2v) is 6.64. The van der Waals surface area contributed by atoms with E-state index in [1.807, 2.05) is 56.3 Å². The number of nitrogens with one attached hydrogen (secondary N) is 2. The van der Waals surface area contributed by atoms with Gasteiger partial charge in [0.1, 0.15) is 0 Å². The molecule has 1 saturated heterocycles. The number of anilines is 1. The minimum absolute atomic E-state index is 0.126. The molecule has 1 atom stereocenters. The van der Waals surface area contributed by atoms with E-state index in [1.54, 1.807) is 6.07 Å². The Bertz CT molecular complexity index is 778. The van der Waals surface area contributed by atoms with E-state index in [0.717, 1.165) is 30.7 Å². The number of aliphatic imine (C=N–C) groups is 1. The molecule has 2 aromatic rings. The van der Waals surface area contributed by atoms with Gasteiger partial charge in [0.05, 0.1) is 12.6 Å². The van der Waals surface area contributed by atoms with Crippen LogP contribution in [0.5, 0.6) is 0 Å². The Morgan fingerprint density at radius 1 is 1.15 bits per heavy atom. The first kappa shape index (κ1) is 18.1. The van der Waals surface area contributed by atoms with Crippen LogP contribution in [-0.4, -0.2) is 31.1 Å². The first-order valence-electron chi connectivity index (χ1n) is 8.98. The van der Waals surface area contributed by atoms with E-state index in [9.17, 15) is 4.79 Å². The van der Waals surface area contributed by atoms with E-state index in [4.69, 9.17) is 4.74 Å². The number of hydrogen-bond acceptors (Lipinski definition) is 3. The van der Waals surface area contributed by atoms with Gasteiger partial charge in [-0.3, -0.25) is 10.1 Å². The van der Waals surface area contributed by atoms with Gasteiger partial charge in [-0.25, -0.2) is 4.99 Å². The predicted octanol–water partition coefficient (Wildman–Crippen LogP) is 3.68. The van der Waals surface area contributed by atoms with Gasteiger partial charge in [0, 0.05) is 17.9 Å². The molecule has 1 amide bonds.